The van der Waals surface area contributed by atoms with E-state index in [0.717, 1.165) is 25.7 Å². The zero-order chi connectivity index (χ0) is 11.0. The standard InChI is InChI=1S/C11H23NO2/c1-4-7-8-9(5-2)11(14)12-10(13)6-3/h9-10,13H,4-8H2,1-3H3,(H,12,14). The highest BCUT2D eigenvalue weighted by atomic mass is 16.3. The normalized spacial score (nSPS) is 14.9. The Morgan fingerprint density at radius 2 is 1.93 bits per heavy atom. The van der Waals surface area contributed by atoms with Gasteiger partial charge in [-0.15, -0.1) is 0 Å². The Bertz CT molecular complexity index is 159. The van der Waals surface area contributed by atoms with Crippen molar-refractivity contribution >= 4 is 5.91 Å². The molecular formula is C11H23NO2. The molecule has 2 atom stereocenters. The van der Waals surface area contributed by atoms with Gasteiger partial charge in [0.25, 0.3) is 0 Å². The Labute approximate surface area is 86.9 Å². The third-order valence-corrected chi connectivity index (χ3v) is 2.47. The Kier molecular flexibility index (Phi) is 7.48. The molecule has 0 aliphatic rings. The number of carbonyl (C=O) groups excluding carboxylic acids is 1. The third kappa shape index (κ3) is 5.22. The largest absolute Gasteiger partial charge is 0.374 e. The van der Waals surface area contributed by atoms with Crippen LogP contribution in [0.1, 0.15) is 52.9 Å². The van der Waals surface area contributed by atoms with Crippen molar-refractivity contribution in [2.45, 2.75) is 59.1 Å². The van der Waals surface area contributed by atoms with Gasteiger partial charge in [0.2, 0.25) is 5.91 Å². The van der Waals surface area contributed by atoms with Crippen molar-refractivity contribution in [1.29, 1.82) is 0 Å². The van der Waals surface area contributed by atoms with Crippen molar-refractivity contribution in [3.05, 3.63) is 0 Å². The topological polar surface area (TPSA) is 49.3 Å². The molecule has 3 heteroatoms. The molecule has 0 aromatic carbocycles. The van der Waals surface area contributed by atoms with Gasteiger partial charge < -0.3 is 10.4 Å². The first-order valence-electron chi connectivity index (χ1n) is 5.64. The molecule has 0 bridgehead atoms. The summed E-state index contributed by atoms with van der Waals surface area (Å²) < 4.78 is 0. The lowest BCUT2D eigenvalue weighted by Gasteiger charge is -2.17. The van der Waals surface area contributed by atoms with Gasteiger partial charge >= 0.3 is 0 Å². The van der Waals surface area contributed by atoms with Crippen LogP contribution in [-0.2, 0) is 4.79 Å². The van der Waals surface area contributed by atoms with Gasteiger partial charge in [0.15, 0.2) is 0 Å². The van der Waals surface area contributed by atoms with E-state index < -0.39 is 6.23 Å². The quantitative estimate of drug-likeness (QED) is 0.619. The lowest BCUT2D eigenvalue weighted by Crippen LogP contribution is -2.38. The van der Waals surface area contributed by atoms with Crippen LogP contribution in [0.3, 0.4) is 0 Å². The van der Waals surface area contributed by atoms with Gasteiger partial charge in [0, 0.05) is 5.92 Å². The minimum Gasteiger partial charge on any atom is -0.374 e. The fourth-order valence-corrected chi connectivity index (χ4v) is 1.36. The second-order valence-electron chi connectivity index (χ2n) is 3.68. The number of rotatable bonds is 7. The molecule has 84 valence electrons. The molecule has 0 aliphatic carbocycles. The maximum absolute atomic E-state index is 11.6. The first kappa shape index (κ1) is 13.4. The molecule has 1 amide bonds. The number of amides is 1. The summed E-state index contributed by atoms with van der Waals surface area (Å²) in [4.78, 5) is 11.6. The van der Waals surface area contributed by atoms with Crippen LogP contribution in [0.4, 0.5) is 0 Å². The fourth-order valence-electron chi connectivity index (χ4n) is 1.36. The van der Waals surface area contributed by atoms with Gasteiger partial charge in [-0.2, -0.15) is 0 Å². The zero-order valence-corrected chi connectivity index (χ0v) is 9.55. The van der Waals surface area contributed by atoms with Gasteiger partial charge in [0.1, 0.15) is 6.23 Å². The number of hydrogen-bond acceptors (Lipinski definition) is 2. The van der Waals surface area contributed by atoms with E-state index in [1.807, 2.05) is 13.8 Å². The lowest BCUT2D eigenvalue weighted by molar-refractivity contribution is -0.128. The highest BCUT2D eigenvalue weighted by Crippen LogP contribution is 2.12. The monoisotopic (exact) mass is 201 g/mol. The predicted octanol–water partition coefficient (Wildman–Crippen LogP) is 2.05. The predicted molar refractivity (Wildman–Crippen MR) is 57.7 cm³/mol. The number of hydrogen-bond donors (Lipinski definition) is 2. The lowest BCUT2D eigenvalue weighted by atomic mass is 9.98. The molecule has 2 unspecified atom stereocenters. The average Bonchev–Trinajstić information content (AvgIpc) is 2.18. The fraction of sp³-hybridized carbons (Fsp3) is 0.909. The van der Waals surface area contributed by atoms with E-state index in [1.165, 1.54) is 0 Å². The van der Waals surface area contributed by atoms with E-state index >= 15 is 0 Å². The Morgan fingerprint density at radius 1 is 1.29 bits per heavy atom. The molecule has 0 aromatic heterocycles. The molecule has 0 fully saturated rings. The van der Waals surface area contributed by atoms with Gasteiger partial charge in [-0.05, 0) is 19.3 Å². The summed E-state index contributed by atoms with van der Waals surface area (Å²) in [5.41, 5.74) is 0. The van der Waals surface area contributed by atoms with Crippen molar-refractivity contribution in [1.82, 2.24) is 5.32 Å². The minimum absolute atomic E-state index is 0.00435. The molecule has 0 saturated carbocycles. The second kappa shape index (κ2) is 7.80. The average molecular weight is 201 g/mol. The van der Waals surface area contributed by atoms with Crippen LogP contribution in [0.25, 0.3) is 0 Å². The summed E-state index contributed by atoms with van der Waals surface area (Å²) in [5, 5.41) is 11.9. The number of aliphatic hydroxyl groups is 1. The van der Waals surface area contributed by atoms with E-state index in [-0.39, 0.29) is 11.8 Å². The molecule has 0 aliphatic heterocycles. The van der Waals surface area contributed by atoms with Crippen LogP contribution >= 0.6 is 0 Å². The SMILES string of the molecule is CCCCC(CC)C(=O)NC(O)CC. The van der Waals surface area contributed by atoms with Crippen molar-refractivity contribution in [2.75, 3.05) is 0 Å². The number of unbranched alkanes of at least 4 members (excludes halogenated alkanes) is 1. The second-order valence-corrected chi connectivity index (χ2v) is 3.68. The van der Waals surface area contributed by atoms with Gasteiger partial charge in [0.05, 0.1) is 0 Å². The van der Waals surface area contributed by atoms with Crippen LogP contribution < -0.4 is 5.32 Å². The Hall–Kier alpha value is -0.570. The molecule has 0 radical (unpaired) electrons. The van der Waals surface area contributed by atoms with Gasteiger partial charge in [-0.3, -0.25) is 4.79 Å². The van der Waals surface area contributed by atoms with Crippen LogP contribution in [-0.4, -0.2) is 17.2 Å². The summed E-state index contributed by atoms with van der Waals surface area (Å²) in [7, 11) is 0. The summed E-state index contributed by atoms with van der Waals surface area (Å²) in [6.45, 7) is 5.97. The van der Waals surface area contributed by atoms with E-state index in [1.54, 1.807) is 0 Å². The van der Waals surface area contributed by atoms with Crippen molar-refractivity contribution in [2.24, 2.45) is 5.92 Å². The highest BCUT2D eigenvalue weighted by Gasteiger charge is 2.17. The van der Waals surface area contributed by atoms with Gasteiger partial charge in [-0.1, -0.05) is 33.6 Å². The van der Waals surface area contributed by atoms with E-state index in [4.69, 9.17) is 0 Å². The maximum atomic E-state index is 11.6. The van der Waals surface area contributed by atoms with E-state index in [9.17, 15) is 9.90 Å². The zero-order valence-electron chi connectivity index (χ0n) is 9.55. The highest BCUT2D eigenvalue weighted by molar-refractivity contribution is 5.78. The number of carbonyl (C=O) groups is 1. The summed E-state index contributed by atoms with van der Waals surface area (Å²) >= 11 is 0. The molecular weight excluding hydrogens is 178 g/mol. The molecule has 0 saturated heterocycles. The Morgan fingerprint density at radius 3 is 2.36 bits per heavy atom. The van der Waals surface area contributed by atoms with Crippen LogP contribution in [0.5, 0.6) is 0 Å². The molecule has 0 rings (SSSR count). The minimum atomic E-state index is -0.682. The maximum Gasteiger partial charge on any atom is 0.225 e. The first-order valence-corrected chi connectivity index (χ1v) is 5.64. The molecule has 14 heavy (non-hydrogen) atoms. The summed E-state index contributed by atoms with van der Waals surface area (Å²) in [5.74, 6) is 0.0615. The van der Waals surface area contributed by atoms with Crippen LogP contribution in [0.2, 0.25) is 0 Å². The van der Waals surface area contributed by atoms with Crippen molar-refractivity contribution in [3.63, 3.8) is 0 Å². The Balaban J connectivity index is 3.90. The summed E-state index contributed by atoms with van der Waals surface area (Å²) in [6, 6.07) is 0. The summed E-state index contributed by atoms with van der Waals surface area (Å²) in [6.07, 6.45) is 3.85. The smallest absolute Gasteiger partial charge is 0.225 e. The van der Waals surface area contributed by atoms with E-state index in [2.05, 4.69) is 12.2 Å². The van der Waals surface area contributed by atoms with Crippen LogP contribution in [0.15, 0.2) is 0 Å². The third-order valence-electron chi connectivity index (χ3n) is 2.47. The molecule has 0 aromatic rings. The number of aliphatic hydroxyl groups excluding tert-OH is 1. The van der Waals surface area contributed by atoms with Gasteiger partial charge in [-0.25, -0.2) is 0 Å². The molecule has 0 heterocycles. The molecule has 3 nitrogen and oxygen atoms in total. The number of nitrogens with one attached hydrogen (secondary N) is 1. The van der Waals surface area contributed by atoms with Crippen LogP contribution in [0, 0.1) is 5.92 Å². The molecule has 2 N–H and O–H groups in total. The van der Waals surface area contributed by atoms with Crippen molar-refractivity contribution < 1.29 is 9.90 Å². The van der Waals surface area contributed by atoms with E-state index in [0.29, 0.717) is 6.42 Å². The first-order chi connectivity index (χ1) is 6.65. The molecule has 0 spiro atoms. The van der Waals surface area contributed by atoms with Crippen molar-refractivity contribution in [3.8, 4) is 0 Å².